The molecule has 1 aliphatic carbocycles. The third-order valence-electron chi connectivity index (χ3n) is 6.18. The molecule has 33 heavy (non-hydrogen) atoms. The van der Waals surface area contributed by atoms with Crippen LogP contribution in [0.15, 0.2) is 63.4 Å². The highest BCUT2D eigenvalue weighted by Gasteiger charge is 2.41. The van der Waals surface area contributed by atoms with Gasteiger partial charge < -0.3 is 19.9 Å². The smallest absolute Gasteiger partial charge is 0.336 e. The molecule has 0 saturated carbocycles. The highest BCUT2D eigenvalue weighted by molar-refractivity contribution is 9.10. The normalized spacial score (nSPS) is 20.3. The summed E-state index contributed by atoms with van der Waals surface area (Å²) >= 11 is 9.39. The highest BCUT2D eigenvalue weighted by Crippen LogP contribution is 2.48. The van der Waals surface area contributed by atoms with Gasteiger partial charge in [-0.05, 0) is 70.6 Å². The molecule has 0 spiro atoms. The zero-order valence-electron chi connectivity index (χ0n) is 18.4. The molecule has 0 radical (unpaired) electrons. The molecule has 2 atom stereocenters. The number of rotatable bonds is 4. The number of ether oxygens (including phenoxy) is 2. The highest BCUT2D eigenvalue weighted by atomic mass is 79.9. The largest absolute Gasteiger partial charge is 0.503 e. The third kappa shape index (κ3) is 4.27. The number of aromatic hydroxyl groups is 1. The van der Waals surface area contributed by atoms with Gasteiger partial charge in [0, 0.05) is 34.3 Å². The number of phenols is 1. The first-order valence-corrected chi connectivity index (χ1v) is 11.6. The lowest BCUT2D eigenvalue weighted by molar-refractivity contribution is -0.136. The van der Waals surface area contributed by atoms with Gasteiger partial charge in [0.15, 0.2) is 17.3 Å². The Kier molecular flexibility index (Phi) is 6.54. The lowest BCUT2D eigenvalue weighted by Crippen LogP contribution is -2.36. The maximum atomic E-state index is 13.5. The summed E-state index contributed by atoms with van der Waals surface area (Å²) in [4.78, 5) is 26.3. The minimum absolute atomic E-state index is 0.00441. The number of dihydropyridines is 1. The number of Topliss-reactive ketones (excluding diaryl/α,β-unsaturated/α-hetero) is 1. The average molecular weight is 533 g/mol. The van der Waals surface area contributed by atoms with Crippen LogP contribution in [0.5, 0.6) is 11.5 Å². The summed E-state index contributed by atoms with van der Waals surface area (Å²) in [6, 6.07) is 10.9. The topological polar surface area (TPSA) is 84.9 Å². The molecule has 1 heterocycles. The number of halogens is 2. The zero-order chi connectivity index (χ0) is 23.9. The lowest BCUT2D eigenvalue weighted by Gasteiger charge is -2.36. The molecule has 6 nitrogen and oxygen atoms in total. The molecule has 2 aromatic rings. The van der Waals surface area contributed by atoms with Crippen molar-refractivity contribution in [3.05, 3.63) is 79.6 Å². The molecule has 0 bridgehead atoms. The Morgan fingerprint density at radius 1 is 1.15 bits per heavy atom. The van der Waals surface area contributed by atoms with Gasteiger partial charge in [-0.2, -0.15) is 0 Å². The van der Waals surface area contributed by atoms with Crippen molar-refractivity contribution in [1.82, 2.24) is 5.32 Å². The molecule has 0 fully saturated rings. The molecule has 4 rings (SSSR count). The fraction of sp³-hybridized carbons (Fsp3) is 0.280. The number of carbonyl (C=O) groups excluding carboxylic acids is 2. The number of allylic oxidation sites excluding steroid dienone is 3. The minimum Gasteiger partial charge on any atom is -0.503 e. The Bertz CT molecular complexity index is 1200. The summed E-state index contributed by atoms with van der Waals surface area (Å²) < 4.78 is 10.8. The van der Waals surface area contributed by atoms with Gasteiger partial charge >= 0.3 is 5.97 Å². The summed E-state index contributed by atoms with van der Waals surface area (Å²) in [7, 11) is 2.76. The molecule has 172 valence electrons. The Hall–Kier alpha value is -2.77. The van der Waals surface area contributed by atoms with Crippen LogP contribution < -0.4 is 10.1 Å². The van der Waals surface area contributed by atoms with Crippen LogP contribution in [0.2, 0.25) is 5.02 Å². The van der Waals surface area contributed by atoms with Crippen LogP contribution in [0.3, 0.4) is 0 Å². The molecule has 2 aromatic carbocycles. The Morgan fingerprint density at radius 3 is 2.48 bits per heavy atom. The van der Waals surface area contributed by atoms with Crippen LogP contribution in [-0.4, -0.2) is 31.1 Å². The van der Waals surface area contributed by atoms with Crippen molar-refractivity contribution in [3.63, 3.8) is 0 Å². The van der Waals surface area contributed by atoms with E-state index in [1.54, 1.807) is 19.1 Å². The van der Waals surface area contributed by atoms with E-state index in [1.165, 1.54) is 14.2 Å². The SMILES string of the molecule is COC(=O)C1=C(C)NC2=C(C(=O)C[C@@H](c3ccc(Cl)cc3)C2)[C@H]1c1cc(Br)c(O)c(OC)c1. The summed E-state index contributed by atoms with van der Waals surface area (Å²) in [6.45, 7) is 1.80. The van der Waals surface area contributed by atoms with Crippen LogP contribution in [-0.2, 0) is 14.3 Å². The molecular formula is C25H23BrClNO5. The third-order valence-corrected chi connectivity index (χ3v) is 7.03. The molecule has 0 amide bonds. The fourth-order valence-electron chi connectivity index (χ4n) is 4.64. The number of esters is 1. The fourth-order valence-corrected chi connectivity index (χ4v) is 5.23. The van der Waals surface area contributed by atoms with Crippen molar-refractivity contribution in [2.24, 2.45) is 0 Å². The average Bonchev–Trinajstić information content (AvgIpc) is 2.79. The van der Waals surface area contributed by atoms with E-state index in [-0.39, 0.29) is 23.2 Å². The summed E-state index contributed by atoms with van der Waals surface area (Å²) in [6.07, 6.45) is 0.921. The van der Waals surface area contributed by atoms with Gasteiger partial charge in [-0.15, -0.1) is 0 Å². The summed E-state index contributed by atoms with van der Waals surface area (Å²) in [5.74, 6) is -1.04. The number of phenolic OH excluding ortho intramolecular Hbond substituents is 1. The van der Waals surface area contributed by atoms with E-state index in [1.807, 2.05) is 24.3 Å². The van der Waals surface area contributed by atoms with Crippen molar-refractivity contribution in [2.75, 3.05) is 14.2 Å². The molecule has 0 saturated heterocycles. The van der Waals surface area contributed by atoms with Crippen LogP contribution in [0.1, 0.15) is 42.7 Å². The second-order valence-corrected chi connectivity index (χ2v) is 9.40. The summed E-state index contributed by atoms with van der Waals surface area (Å²) in [5, 5.41) is 14.2. The van der Waals surface area contributed by atoms with Crippen LogP contribution in [0.4, 0.5) is 0 Å². The second-order valence-electron chi connectivity index (χ2n) is 8.11. The first-order chi connectivity index (χ1) is 15.7. The number of hydrogen-bond acceptors (Lipinski definition) is 6. The first kappa shape index (κ1) is 23.4. The van der Waals surface area contributed by atoms with Gasteiger partial charge in [-0.25, -0.2) is 4.79 Å². The van der Waals surface area contributed by atoms with Gasteiger partial charge in [0.25, 0.3) is 0 Å². The number of methoxy groups -OCH3 is 2. The van der Waals surface area contributed by atoms with Crippen LogP contribution in [0.25, 0.3) is 0 Å². The van der Waals surface area contributed by atoms with Crippen molar-refractivity contribution < 1.29 is 24.2 Å². The molecule has 0 aromatic heterocycles. The standard InChI is InChI=1S/C25H23BrClNO5/c1-12-21(25(31)33-3)22(15-8-17(26)24(30)20(11-15)32-2)23-18(28-12)9-14(10-19(23)29)13-4-6-16(27)7-5-13/h4-8,11,14,22,28,30H,9-10H2,1-3H3/t14-,22-/m0/s1. The van der Waals surface area contributed by atoms with E-state index >= 15 is 0 Å². The number of benzene rings is 2. The number of nitrogens with one attached hydrogen (secondary N) is 1. The summed E-state index contributed by atoms with van der Waals surface area (Å²) in [5.41, 5.74) is 3.97. The van der Waals surface area contributed by atoms with Crippen molar-refractivity contribution in [2.45, 2.75) is 31.6 Å². The van der Waals surface area contributed by atoms with Crippen LogP contribution in [0, 0.1) is 0 Å². The van der Waals surface area contributed by atoms with E-state index in [9.17, 15) is 14.7 Å². The lowest BCUT2D eigenvalue weighted by atomic mass is 9.71. The number of hydrogen-bond donors (Lipinski definition) is 2. The van der Waals surface area contributed by atoms with Gasteiger partial charge in [-0.1, -0.05) is 23.7 Å². The predicted molar refractivity (Wildman–Crippen MR) is 128 cm³/mol. The maximum Gasteiger partial charge on any atom is 0.336 e. The van der Waals surface area contributed by atoms with E-state index in [2.05, 4.69) is 21.2 Å². The number of ketones is 1. The maximum absolute atomic E-state index is 13.5. The molecule has 1 aliphatic heterocycles. The van der Waals surface area contributed by atoms with Gasteiger partial charge in [0.05, 0.1) is 24.3 Å². The Labute approximate surface area is 205 Å². The predicted octanol–water partition coefficient (Wildman–Crippen LogP) is 5.35. The molecule has 8 heteroatoms. The quantitative estimate of drug-likeness (QED) is 0.516. The van der Waals surface area contributed by atoms with E-state index < -0.39 is 11.9 Å². The van der Waals surface area contributed by atoms with Crippen molar-refractivity contribution in [3.8, 4) is 11.5 Å². The molecule has 2 aliphatic rings. The monoisotopic (exact) mass is 531 g/mol. The Morgan fingerprint density at radius 2 is 1.85 bits per heavy atom. The van der Waals surface area contributed by atoms with Crippen molar-refractivity contribution in [1.29, 1.82) is 0 Å². The molecule has 2 N–H and O–H groups in total. The van der Waals surface area contributed by atoms with E-state index in [0.29, 0.717) is 44.7 Å². The van der Waals surface area contributed by atoms with Gasteiger partial charge in [0.2, 0.25) is 0 Å². The Balaban J connectivity index is 1.85. The second kappa shape index (κ2) is 9.23. The van der Waals surface area contributed by atoms with E-state index in [0.717, 1.165) is 11.3 Å². The van der Waals surface area contributed by atoms with E-state index in [4.69, 9.17) is 21.1 Å². The molecule has 0 unspecified atom stereocenters. The van der Waals surface area contributed by atoms with Crippen LogP contribution >= 0.6 is 27.5 Å². The van der Waals surface area contributed by atoms with Gasteiger partial charge in [-0.3, -0.25) is 4.79 Å². The van der Waals surface area contributed by atoms with Gasteiger partial charge in [0.1, 0.15) is 0 Å². The van der Waals surface area contributed by atoms with Crippen molar-refractivity contribution >= 4 is 39.3 Å². The zero-order valence-corrected chi connectivity index (χ0v) is 20.7. The first-order valence-electron chi connectivity index (χ1n) is 10.4. The minimum atomic E-state index is -0.654. The molecular weight excluding hydrogens is 510 g/mol. The number of carbonyl (C=O) groups is 2.